The molecule has 0 aromatic heterocycles. The van der Waals surface area contributed by atoms with Crippen LogP contribution in [0.2, 0.25) is 5.02 Å². The lowest BCUT2D eigenvalue weighted by molar-refractivity contribution is 0.0173. The van der Waals surface area contributed by atoms with Gasteiger partial charge in [-0.15, -0.1) is 0 Å². The predicted octanol–water partition coefficient (Wildman–Crippen LogP) is 1.87. The zero-order valence-electron chi connectivity index (χ0n) is 8.51. The third-order valence-electron chi connectivity index (χ3n) is 2.26. The summed E-state index contributed by atoms with van der Waals surface area (Å²) in [5, 5.41) is 19.8. The van der Waals surface area contributed by atoms with Gasteiger partial charge in [-0.25, -0.2) is 0 Å². The van der Waals surface area contributed by atoms with Gasteiger partial charge in [-0.1, -0.05) is 17.7 Å². The van der Waals surface area contributed by atoms with Gasteiger partial charge in [-0.3, -0.25) is 4.79 Å². The van der Waals surface area contributed by atoms with E-state index < -0.39 is 12.2 Å². The maximum absolute atomic E-state index is 10.6. The van der Waals surface area contributed by atoms with Crippen LogP contribution < -0.4 is 0 Å². The Morgan fingerprint density at radius 3 is 2.69 bits per heavy atom. The van der Waals surface area contributed by atoms with Crippen molar-refractivity contribution in [1.82, 2.24) is 0 Å². The number of benzene rings is 1. The summed E-state index contributed by atoms with van der Waals surface area (Å²) in [6.07, 6.45) is -1.01. The van der Waals surface area contributed by atoms with Crippen LogP contribution in [0.5, 0.6) is 0 Å². The van der Waals surface area contributed by atoms with Crippen LogP contribution in [0.1, 0.15) is 28.4 Å². The number of aliphatic hydroxyl groups is 2. The van der Waals surface area contributed by atoms with E-state index in [1.54, 1.807) is 6.07 Å². The van der Waals surface area contributed by atoms with E-state index in [9.17, 15) is 15.0 Å². The van der Waals surface area contributed by atoms with E-state index in [0.29, 0.717) is 34.6 Å². The molecule has 16 heavy (non-hydrogen) atoms. The molecule has 0 fully saturated rings. The quantitative estimate of drug-likeness (QED) is 0.560. The maximum atomic E-state index is 10.6. The Morgan fingerprint density at radius 1 is 1.44 bits per heavy atom. The van der Waals surface area contributed by atoms with Crippen molar-refractivity contribution in [2.45, 2.75) is 18.6 Å². The van der Waals surface area contributed by atoms with Gasteiger partial charge in [0.25, 0.3) is 0 Å². The number of hydrogen-bond donors (Lipinski definition) is 3. The Hall–Kier alpha value is -0.550. The lowest BCUT2D eigenvalue weighted by Gasteiger charge is -2.18. The summed E-state index contributed by atoms with van der Waals surface area (Å²) in [7, 11) is 0. The average Bonchev–Trinajstić information content (AvgIpc) is 2.29. The first-order valence-electron chi connectivity index (χ1n) is 4.81. The summed E-state index contributed by atoms with van der Waals surface area (Å²) in [6, 6.07) is 4.55. The van der Waals surface area contributed by atoms with E-state index in [1.165, 1.54) is 12.1 Å². The van der Waals surface area contributed by atoms with Gasteiger partial charge in [-0.2, -0.15) is 12.6 Å². The van der Waals surface area contributed by atoms with Crippen LogP contribution in [0.3, 0.4) is 0 Å². The van der Waals surface area contributed by atoms with Crippen molar-refractivity contribution >= 4 is 30.5 Å². The van der Waals surface area contributed by atoms with Crippen molar-refractivity contribution in [2.75, 3.05) is 5.75 Å². The highest BCUT2D eigenvalue weighted by molar-refractivity contribution is 7.80. The highest BCUT2D eigenvalue weighted by Crippen LogP contribution is 2.27. The van der Waals surface area contributed by atoms with E-state index in [-0.39, 0.29) is 0 Å². The Bertz CT molecular complexity index is 370. The molecule has 5 heteroatoms. The zero-order chi connectivity index (χ0) is 12.1. The molecule has 0 amide bonds. The summed E-state index contributed by atoms with van der Waals surface area (Å²) >= 11 is 9.86. The van der Waals surface area contributed by atoms with Crippen molar-refractivity contribution in [2.24, 2.45) is 0 Å². The van der Waals surface area contributed by atoms with Gasteiger partial charge >= 0.3 is 0 Å². The number of halogens is 1. The molecule has 88 valence electrons. The zero-order valence-corrected chi connectivity index (χ0v) is 10.2. The van der Waals surface area contributed by atoms with Crippen LogP contribution in [0.4, 0.5) is 0 Å². The number of rotatable bonds is 5. The standard InChI is InChI=1S/C11H13ClO3S/c12-9-2-1-7(6-13)5-8(9)11(15)10(14)3-4-16/h1-2,5-6,10-11,14-16H,3-4H2. The number of carbonyl (C=O) groups excluding carboxylic acids is 1. The largest absolute Gasteiger partial charge is 0.390 e. The lowest BCUT2D eigenvalue weighted by Crippen LogP contribution is -2.19. The number of aldehydes is 1. The molecule has 0 saturated carbocycles. The fraction of sp³-hybridized carbons (Fsp3) is 0.364. The smallest absolute Gasteiger partial charge is 0.150 e. The fourth-order valence-electron chi connectivity index (χ4n) is 1.36. The van der Waals surface area contributed by atoms with Crippen LogP contribution in [0.15, 0.2) is 18.2 Å². The van der Waals surface area contributed by atoms with Crippen LogP contribution in [0.25, 0.3) is 0 Å². The summed E-state index contributed by atoms with van der Waals surface area (Å²) in [4.78, 5) is 10.6. The molecule has 0 aliphatic heterocycles. The monoisotopic (exact) mass is 260 g/mol. The van der Waals surface area contributed by atoms with Crippen molar-refractivity contribution < 1.29 is 15.0 Å². The molecule has 2 N–H and O–H groups in total. The first-order chi connectivity index (χ1) is 7.60. The van der Waals surface area contributed by atoms with Crippen molar-refractivity contribution in [3.8, 4) is 0 Å². The third-order valence-corrected chi connectivity index (χ3v) is 2.87. The SMILES string of the molecule is O=Cc1ccc(Cl)c(C(O)C(O)CCS)c1. The Labute approximate surface area is 104 Å². The summed E-state index contributed by atoms with van der Waals surface area (Å²) in [6.45, 7) is 0. The molecule has 1 rings (SSSR count). The Kier molecular flexibility index (Phi) is 5.28. The molecule has 2 atom stereocenters. The van der Waals surface area contributed by atoms with Gasteiger partial charge in [0, 0.05) is 16.1 Å². The second-order valence-corrected chi connectivity index (χ2v) is 4.28. The molecule has 1 aromatic rings. The van der Waals surface area contributed by atoms with Crippen LogP contribution >= 0.6 is 24.2 Å². The molecule has 0 heterocycles. The van der Waals surface area contributed by atoms with Crippen LogP contribution in [0, 0.1) is 0 Å². The molecule has 0 aliphatic carbocycles. The number of aliphatic hydroxyl groups excluding tert-OH is 2. The van der Waals surface area contributed by atoms with Gasteiger partial charge in [-0.05, 0) is 24.3 Å². The number of hydrogen-bond acceptors (Lipinski definition) is 4. The van der Waals surface area contributed by atoms with Crippen molar-refractivity contribution in [3.63, 3.8) is 0 Å². The molecular weight excluding hydrogens is 248 g/mol. The van der Waals surface area contributed by atoms with Gasteiger partial charge in [0.2, 0.25) is 0 Å². The molecule has 1 aromatic carbocycles. The number of carbonyl (C=O) groups is 1. The Balaban J connectivity index is 2.97. The minimum atomic E-state index is -1.10. The van der Waals surface area contributed by atoms with Gasteiger partial charge in [0.15, 0.2) is 0 Å². The molecular formula is C11H13ClO3S. The Morgan fingerprint density at radius 2 is 2.12 bits per heavy atom. The van der Waals surface area contributed by atoms with Crippen LogP contribution in [-0.2, 0) is 0 Å². The second kappa shape index (κ2) is 6.25. The first kappa shape index (κ1) is 13.5. The van der Waals surface area contributed by atoms with E-state index >= 15 is 0 Å². The van der Waals surface area contributed by atoms with Crippen molar-refractivity contribution in [3.05, 3.63) is 34.3 Å². The molecule has 0 aliphatic rings. The minimum absolute atomic E-state index is 0.330. The number of thiol groups is 1. The average molecular weight is 261 g/mol. The minimum Gasteiger partial charge on any atom is -0.390 e. The lowest BCUT2D eigenvalue weighted by atomic mass is 10.0. The predicted molar refractivity (Wildman–Crippen MR) is 66.3 cm³/mol. The first-order valence-corrected chi connectivity index (χ1v) is 5.82. The van der Waals surface area contributed by atoms with Gasteiger partial charge < -0.3 is 10.2 Å². The van der Waals surface area contributed by atoms with Gasteiger partial charge in [0.05, 0.1) is 6.10 Å². The molecule has 0 bridgehead atoms. The van der Waals surface area contributed by atoms with Crippen LogP contribution in [-0.4, -0.2) is 28.4 Å². The van der Waals surface area contributed by atoms with Crippen molar-refractivity contribution in [1.29, 1.82) is 0 Å². The van der Waals surface area contributed by atoms with E-state index in [2.05, 4.69) is 12.6 Å². The fourth-order valence-corrected chi connectivity index (χ4v) is 1.85. The van der Waals surface area contributed by atoms with E-state index in [4.69, 9.17) is 11.6 Å². The second-order valence-electron chi connectivity index (χ2n) is 3.42. The summed E-state index contributed by atoms with van der Waals surface area (Å²) < 4.78 is 0. The summed E-state index contributed by atoms with van der Waals surface area (Å²) in [5.41, 5.74) is 0.775. The molecule has 0 spiro atoms. The third kappa shape index (κ3) is 3.22. The maximum Gasteiger partial charge on any atom is 0.150 e. The molecule has 0 radical (unpaired) electrons. The summed E-state index contributed by atoms with van der Waals surface area (Å²) in [5.74, 6) is 0.462. The molecule has 0 saturated heterocycles. The topological polar surface area (TPSA) is 57.5 Å². The van der Waals surface area contributed by atoms with Gasteiger partial charge in [0.1, 0.15) is 12.4 Å². The highest BCUT2D eigenvalue weighted by atomic mass is 35.5. The highest BCUT2D eigenvalue weighted by Gasteiger charge is 2.20. The van der Waals surface area contributed by atoms with E-state index in [0.717, 1.165) is 0 Å². The molecule has 3 nitrogen and oxygen atoms in total. The van der Waals surface area contributed by atoms with E-state index in [1.807, 2.05) is 0 Å². The molecule has 2 unspecified atom stereocenters. The normalized spacial score (nSPS) is 14.5.